The number of methoxy groups -OCH3 is 1. The second-order valence-corrected chi connectivity index (χ2v) is 11.1. The van der Waals surface area contributed by atoms with Crippen LogP contribution in [0, 0.1) is 0 Å². The second-order valence-electron chi connectivity index (χ2n) is 9.38. The van der Waals surface area contributed by atoms with Gasteiger partial charge in [-0.15, -0.1) is 0 Å². The van der Waals surface area contributed by atoms with E-state index in [1.807, 2.05) is 4.90 Å². The summed E-state index contributed by atoms with van der Waals surface area (Å²) in [5.74, 6) is -0.173. The first kappa shape index (κ1) is 27.9. The molecule has 0 spiro atoms. The van der Waals surface area contributed by atoms with Crippen LogP contribution in [-0.2, 0) is 40.2 Å². The predicted molar refractivity (Wildman–Crippen MR) is 152 cm³/mol. The summed E-state index contributed by atoms with van der Waals surface area (Å²) in [6.45, 7) is 1.75. The van der Waals surface area contributed by atoms with Crippen LogP contribution in [0.3, 0.4) is 0 Å². The Hall–Kier alpha value is -4.63. The van der Waals surface area contributed by atoms with Gasteiger partial charge in [-0.05, 0) is 30.3 Å². The maximum Gasteiger partial charge on any atom is 0.332 e. The average Bonchev–Trinajstić information content (AvgIpc) is 3.39. The van der Waals surface area contributed by atoms with Gasteiger partial charge >= 0.3 is 5.69 Å². The highest BCUT2D eigenvalue weighted by Gasteiger charge is 2.23. The summed E-state index contributed by atoms with van der Waals surface area (Å²) in [7, 11) is 0.211. The Morgan fingerprint density at radius 3 is 2.51 bits per heavy atom. The number of aromatic nitrogens is 4. The molecular formula is C26H29N7O7S. The quantitative estimate of drug-likeness (QED) is 0.305. The van der Waals surface area contributed by atoms with Gasteiger partial charge in [0.1, 0.15) is 12.3 Å². The van der Waals surface area contributed by atoms with Gasteiger partial charge in [0, 0.05) is 27.2 Å². The molecule has 0 aliphatic carbocycles. The lowest BCUT2D eigenvalue weighted by Crippen LogP contribution is -2.38. The zero-order chi connectivity index (χ0) is 29.3. The highest BCUT2D eigenvalue weighted by Crippen LogP contribution is 2.32. The number of amides is 1. The van der Waals surface area contributed by atoms with Gasteiger partial charge in [-0.2, -0.15) is 0 Å². The Morgan fingerprint density at radius 1 is 1.05 bits per heavy atom. The fourth-order valence-corrected chi connectivity index (χ4v) is 5.75. The minimum Gasteiger partial charge on any atom is -0.495 e. The Bertz CT molecular complexity index is 1850. The lowest BCUT2D eigenvalue weighted by molar-refractivity contribution is -0.116. The summed E-state index contributed by atoms with van der Waals surface area (Å²) in [5.41, 5.74) is 0.271. The molecule has 3 heterocycles. The minimum atomic E-state index is -4.07. The molecule has 0 bridgehead atoms. The lowest BCUT2D eigenvalue weighted by Gasteiger charge is -2.30. The summed E-state index contributed by atoms with van der Waals surface area (Å²) in [6, 6.07) is 11.1. The Labute approximate surface area is 234 Å². The predicted octanol–water partition coefficient (Wildman–Crippen LogP) is 0.718. The lowest BCUT2D eigenvalue weighted by atomic mass is 10.2. The van der Waals surface area contributed by atoms with E-state index in [2.05, 4.69) is 15.0 Å². The average molecular weight is 584 g/mol. The van der Waals surface area contributed by atoms with Crippen molar-refractivity contribution < 1.29 is 22.7 Å². The molecule has 1 aliphatic heterocycles. The van der Waals surface area contributed by atoms with Crippen molar-refractivity contribution in [2.45, 2.75) is 11.4 Å². The third kappa shape index (κ3) is 5.40. The molecule has 0 atom stereocenters. The summed E-state index contributed by atoms with van der Waals surface area (Å²) in [4.78, 5) is 44.4. The maximum atomic E-state index is 13.3. The minimum absolute atomic E-state index is 0.0762. The van der Waals surface area contributed by atoms with Gasteiger partial charge in [0.25, 0.3) is 15.6 Å². The first-order valence-electron chi connectivity index (χ1n) is 12.6. The van der Waals surface area contributed by atoms with Crippen LogP contribution in [0.1, 0.15) is 0 Å². The number of hydrogen-bond acceptors (Lipinski definition) is 9. The number of nitrogens with one attached hydrogen (secondary N) is 2. The number of fused-ring (bicyclic) bond motifs is 1. The van der Waals surface area contributed by atoms with E-state index < -0.39 is 27.2 Å². The van der Waals surface area contributed by atoms with Gasteiger partial charge in [0.05, 0.1) is 48.6 Å². The zero-order valence-electron chi connectivity index (χ0n) is 22.7. The van der Waals surface area contributed by atoms with Crippen molar-refractivity contribution in [3.63, 3.8) is 0 Å². The summed E-state index contributed by atoms with van der Waals surface area (Å²) in [5, 5.41) is 2.81. The third-order valence-electron chi connectivity index (χ3n) is 6.79. The van der Waals surface area contributed by atoms with E-state index in [1.54, 1.807) is 30.3 Å². The molecule has 5 rings (SSSR count). The molecule has 15 heteroatoms. The van der Waals surface area contributed by atoms with E-state index in [9.17, 15) is 22.8 Å². The first-order chi connectivity index (χ1) is 19.6. The number of rotatable bonds is 8. The number of morpholine rings is 1. The molecule has 0 radical (unpaired) electrons. The smallest absolute Gasteiger partial charge is 0.332 e. The summed E-state index contributed by atoms with van der Waals surface area (Å²) >= 11 is 0. The topological polar surface area (TPSA) is 159 Å². The molecule has 1 aliphatic rings. The van der Waals surface area contributed by atoms with E-state index in [1.165, 1.54) is 48.8 Å². The van der Waals surface area contributed by atoms with Crippen LogP contribution in [0.4, 0.5) is 17.1 Å². The number of para-hydroxylation sites is 2. The van der Waals surface area contributed by atoms with Crippen LogP contribution in [0.5, 0.6) is 5.75 Å². The van der Waals surface area contributed by atoms with Crippen molar-refractivity contribution in [2.24, 2.45) is 14.1 Å². The number of carbonyl (C=O) groups excluding carboxylic acids is 1. The molecule has 216 valence electrons. The summed E-state index contributed by atoms with van der Waals surface area (Å²) in [6.07, 6.45) is 1.31. The number of hydrogen-bond donors (Lipinski definition) is 2. The molecule has 1 fully saturated rings. The highest BCUT2D eigenvalue weighted by molar-refractivity contribution is 7.92. The van der Waals surface area contributed by atoms with Gasteiger partial charge in [0.2, 0.25) is 5.91 Å². The number of nitrogens with zero attached hydrogens (tertiary/aromatic N) is 5. The van der Waals surface area contributed by atoms with Crippen LogP contribution < -0.4 is 30.9 Å². The SMILES string of the molecule is COc1ccccc1NS(=O)(=O)c1ccc(N2CCOCC2)c(NC(=O)Cn2cnc3c2c(=O)n(C)c(=O)n3C)c1. The van der Waals surface area contributed by atoms with Crippen molar-refractivity contribution in [2.75, 3.05) is 48.4 Å². The van der Waals surface area contributed by atoms with E-state index in [-0.39, 0.29) is 34.0 Å². The molecule has 2 aromatic carbocycles. The van der Waals surface area contributed by atoms with Crippen molar-refractivity contribution in [3.05, 3.63) is 69.6 Å². The number of imidazole rings is 1. The molecule has 1 saturated heterocycles. The molecule has 41 heavy (non-hydrogen) atoms. The molecule has 14 nitrogen and oxygen atoms in total. The van der Waals surface area contributed by atoms with Crippen molar-refractivity contribution >= 4 is 44.2 Å². The van der Waals surface area contributed by atoms with Gasteiger partial charge < -0.3 is 24.3 Å². The molecule has 1 amide bonds. The summed E-state index contributed by atoms with van der Waals surface area (Å²) < 4.78 is 43.4. The van der Waals surface area contributed by atoms with E-state index in [0.717, 1.165) is 4.57 Å². The van der Waals surface area contributed by atoms with Crippen molar-refractivity contribution in [3.8, 4) is 5.75 Å². The van der Waals surface area contributed by atoms with E-state index in [0.29, 0.717) is 37.7 Å². The fraction of sp³-hybridized carbons (Fsp3) is 0.308. The van der Waals surface area contributed by atoms with Crippen molar-refractivity contribution in [1.82, 2.24) is 18.7 Å². The Balaban J connectivity index is 1.48. The van der Waals surface area contributed by atoms with Crippen LogP contribution in [0.2, 0.25) is 0 Å². The molecule has 2 aromatic heterocycles. The monoisotopic (exact) mass is 583 g/mol. The van der Waals surface area contributed by atoms with Crippen LogP contribution in [0.25, 0.3) is 11.2 Å². The normalized spacial score (nSPS) is 13.8. The number of anilines is 3. The standard InChI is InChI=1S/C26H29N7O7S/c1-30-24-23(25(35)31(2)26(30)36)33(16-27-24)15-22(34)28-19-14-17(8-9-20(19)32-10-12-40-13-11-32)41(37,38)29-18-6-4-5-7-21(18)39-3/h4-9,14,16,29H,10-13,15H2,1-3H3,(H,28,34). The van der Waals surface area contributed by atoms with Crippen molar-refractivity contribution in [1.29, 1.82) is 0 Å². The third-order valence-corrected chi connectivity index (χ3v) is 8.15. The number of benzene rings is 2. The number of aryl methyl sites for hydroxylation is 1. The largest absolute Gasteiger partial charge is 0.495 e. The number of sulfonamides is 1. The van der Waals surface area contributed by atoms with E-state index in [4.69, 9.17) is 9.47 Å². The van der Waals surface area contributed by atoms with Gasteiger partial charge in [-0.3, -0.25) is 23.4 Å². The molecule has 0 unspecified atom stereocenters. The molecule has 0 saturated carbocycles. The van der Waals surface area contributed by atoms with Crippen LogP contribution in [0.15, 0.2) is 63.3 Å². The molecule has 2 N–H and O–H groups in total. The highest BCUT2D eigenvalue weighted by atomic mass is 32.2. The van der Waals surface area contributed by atoms with Gasteiger partial charge in [-0.25, -0.2) is 18.2 Å². The number of carbonyl (C=O) groups is 1. The maximum absolute atomic E-state index is 13.3. The Morgan fingerprint density at radius 2 is 1.78 bits per heavy atom. The van der Waals surface area contributed by atoms with Crippen LogP contribution in [-0.4, -0.2) is 66.4 Å². The van der Waals surface area contributed by atoms with E-state index >= 15 is 0 Å². The first-order valence-corrected chi connectivity index (χ1v) is 14.1. The van der Waals surface area contributed by atoms with Crippen LogP contribution >= 0.6 is 0 Å². The number of ether oxygens (including phenoxy) is 2. The van der Waals surface area contributed by atoms with Gasteiger partial charge in [-0.1, -0.05) is 12.1 Å². The van der Waals surface area contributed by atoms with Gasteiger partial charge in [0.15, 0.2) is 11.2 Å². The fourth-order valence-electron chi connectivity index (χ4n) is 4.66. The second kappa shape index (κ2) is 11.1. The molecule has 4 aromatic rings. The zero-order valence-corrected chi connectivity index (χ0v) is 23.5. The Kier molecular flexibility index (Phi) is 7.55. The molecular weight excluding hydrogens is 554 g/mol.